The van der Waals surface area contributed by atoms with Crippen LogP contribution in [0.1, 0.15) is 22.6 Å². The summed E-state index contributed by atoms with van der Waals surface area (Å²) < 4.78 is 0.959. The first kappa shape index (κ1) is 11.9. The molecule has 1 aromatic carbocycles. The largest absolute Gasteiger partial charge is 0.392 e. The molecule has 1 aliphatic carbocycles. The molecule has 1 N–H and O–H groups in total. The average molecular weight is 304 g/mol. The number of aliphatic hydroxyl groups is 1. The van der Waals surface area contributed by atoms with Gasteiger partial charge in [-0.15, -0.1) is 0 Å². The second-order valence-corrected chi connectivity index (χ2v) is 5.71. The second kappa shape index (κ2) is 4.82. The van der Waals surface area contributed by atoms with Gasteiger partial charge in [-0.3, -0.25) is 4.98 Å². The van der Waals surface area contributed by atoms with Gasteiger partial charge >= 0.3 is 0 Å². The number of pyridine rings is 1. The first-order valence-corrected chi connectivity index (χ1v) is 6.88. The topological polar surface area (TPSA) is 33.1 Å². The monoisotopic (exact) mass is 303 g/mol. The lowest BCUT2D eigenvalue weighted by Crippen LogP contribution is -2.30. The Morgan fingerprint density at radius 2 is 2.17 bits per heavy atom. The Hall–Kier alpha value is -1.19. The number of hydrogen-bond acceptors (Lipinski definition) is 2. The van der Waals surface area contributed by atoms with Crippen LogP contribution >= 0.6 is 15.9 Å². The van der Waals surface area contributed by atoms with Gasteiger partial charge in [0.05, 0.1) is 6.10 Å². The zero-order chi connectivity index (χ0) is 12.5. The number of benzene rings is 1. The fourth-order valence-electron chi connectivity index (χ4n) is 2.59. The maximum Gasteiger partial charge on any atom is 0.0652 e. The highest BCUT2D eigenvalue weighted by atomic mass is 79.9. The lowest BCUT2D eigenvalue weighted by molar-refractivity contribution is 0.133. The molecule has 2 nitrogen and oxygen atoms in total. The molecule has 1 heterocycles. The Balaban J connectivity index is 1.72. The molecule has 2 unspecified atom stereocenters. The van der Waals surface area contributed by atoms with E-state index in [1.54, 1.807) is 6.20 Å². The van der Waals surface area contributed by atoms with Crippen molar-refractivity contribution in [3.8, 4) is 0 Å². The predicted molar refractivity (Wildman–Crippen MR) is 74.5 cm³/mol. The van der Waals surface area contributed by atoms with E-state index in [9.17, 15) is 5.11 Å². The molecule has 2 aromatic rings. The van der Waals surface area contributed by atoms with Crippen molar-refractivity contribution in [1.29, 1.82) is 0 Å². The molecule has 0 spiro atoms. The van der Waals surface area contributed by atoms with Gasteiger partial charge in [0.1, 0.15) is 0 Å². The fourth-order valence-corrected chi connectivity index (χ4v) is 3.00. The first-order valence-electron chi connectivity index (χ1n) is 6.09. The summed E-state index contributed by atoms with van der Waals surface area (Å²) in [6.07, 6.45) is 4.90. The normalized spacial score (nSPS) is 18.9. The molecule has 0 radical (unpaired) electrons. The van der Waals surface area contributed by atoms with Crippen LogP contribution in [0.25, 0.3) is 0 Å². The van der Waals surface area contributed by atoms with E-state index in [2.05, 4.69) is 39.1 Å². The molecule has 2 atom stereocenters. The highest BCUT2D eigenvalue weighted by molar-refractivity contribution is 9.10. The Bertz CT molecular complexity index is 570. The van der Waals surface area contributed by atoms with Crippen LogP contribution in [0.5, 0.6) is 0 Å². The van der Waals surface area contributed by atoms with E-state index in [0.29, 0.717) is 6.42 Å². The molecule has 3 rings (SSSR count). The van der Waals surface area contributed by atoms with Gasteiger partial charge in [-0.1, -0.05) is 24.3 Å². The minimum Gasteiger partial charge on any atom is -0.392 e. The van der Waals surface area contributed by atoms with Gasteiger partial charge < -0.3 is 5.11 Å². The van der Waals surface area contributed by atoms with Gasteiger partial charge in [0.2, 0.25) is 0 Å². The molecule has 3 heteroatoms. The summed E-state index contributed by atoms with van der Waals surface area (Å²) in [5.41, 5.74) is 3.74. The highest BCUT2D eigenvalue weighted by Crippen LogP contribution is 2.38. The molecule has 0 amide bonds. The molecule has 0 saturated carbocycles. The number of halogens is 1. The summed E-state index contributed by atoms with van der Waals surface area (Å²) in [7, 11) is 0. The van der Waals surface area contributed by atoms with Gasteiger partial charge in [-0.05, 0) is 45.1 Å². The lowest BCUT2D eigenvalue weighted by atomic mass is 9.73. The van der Waals surface area contributed by atoms with Crippen molar-refractivity contribution < 1.29 is 5.11 Å². The Kier molecular flexibility index (Phi) is 3.18. The van der Waals surface area contributed by atoms with Crippen molar-refractivity contribution in [3.05, 3.63) is 63.9 Å². The maximum atomic E-state index is 10.3. The molecule has 92 valence electrons. The highest BCUT2D eigenvalue weighted by Gasteiger charge is 2.31. The van der Waals surface area contributed by atoms with Crippen LogP contribution in [-0.2, 0) is 12.8 Å². The zero-order valence-corrected chi connectivity index (χ0v) is 11.5. The molecule has 0 bridgehead atoms. The molecule has 0 saturated heterocycles. The van der Waals surface area contributed by atoms with E-state index in [1.807, 2.05) is 18.3 Å². The summed E-state index contributed by atoms with van der Waals surface area (Å²) in [5, 5.41) is 10.3. The van der Waals surface area contributed by atoms with E-state index in [4.69, 9.17) is 0 Å². The number of nitrogens with zero attached hydrogens (tertiary/aromatic N) is 1. The zero-order valence-electron chi connectivity index (χ0n) is 9.88. The van der Waals surface area contributed by atoms with Crippen LogP contribution in [-0.4, -0.2) is 16.2 Å². The van der Waals surface area contributed by atoms with Crippen LogP contribution in [0.2, 0.25) is 0 Å². The van der Waals surface area contributed by atoms with Gasteiger partial charge in [0, 0.05) is 29.2 Å². The standard InChI is InChI=1S/C15H14BrNO/c16-12-5-10(8-17-9-12)6-15(18)14-7-11-3-1-2-4-13(11)14/h1-5,8-9,14-15,18H,6-7H2. The van der Waals surface area contributed by atoms with E-state index in [0.717, 1.165) is 16.5 Å². The van der Waals surface area contributed by atoms with Crippen LogP contribution in [0.3, 0.4) is 0 Å². The summed E-state index contributed by atoms with van der Waals surface area (Å²) in [6.45, 7) is 0. The first-order chi connectivity index (χ1) is 8.74. The van der Waals surface area contributed by atoms with Crippen molar-refractivity contribution in [1.82, 2.24) is 4.98 Å². The number of rotatable bonds is 3. The Labute approximate surface area is 115 Å². The average Bonchev–Trinajstić information content (AvgIpc) is 2.30. The van der Waals surface area contributed by atoms with Crippen molar-refractivity contribution in [2.75, 3.05) is 0 Å². The Morgan fingerprint density at radius 1 is 1.33 bits per heavy atom. The number of aromatic nitrogens is 1. The van der Waals surface area contributed by atoms with Crippen molar-refractivity contribution in [2.45, 2.75) is 24.9 Å². The number of fused-ring (bicyclic) bond motifs is 1. The summed E-state index contributed by atoms with van der Waals surface area (Å²) in [6, 6.07) is 10.4. The second-order valence-electron chi connectivity index (χ2n) is 4.79. The molecule has 0 aliphatic heterocycles. The number of aliphatic hydroxyl groups excluding tert-OH is 1. The smallest absolute Gasteiger partial charge is 0.0652 e. The third-order valence-corrected chi connectivity index (χ3v) is 4.00. The third kappa shape index (κ3) is 2.20. The van der Waals surface area contributed by atoms with E-state index < -0.39 is 0 Å². The maximum absolute atomic E-state index is 10.3. The van der Waals surface area contributed by atoms with Gasteiger partial charge in [-0.2, -0.15) is 0 Å². The fraction of sp³-hybridized carbons (Fsp3) is 0.267. The van der Waals surface area contributed by atoms with Crippen molar-refractivity contribution >= 4 is 15.9 Å². The van der Waals surface area contributed by atoms with Crippen LogP contribution in [0, 0.1) is 0 Å². The van der Waals surface area contributed by atoms with Gasteiger partial charge in [0.15, 0.2) is 0 Å². The summed E-state index contributed by atoms with van der Waals surface area (Å²) in [4.78, 5) is 4.13. The van der Waals surface area contributed by atoms with E-state index >= 15 is 0 Å². The molecule has 1 aromatic heterocycles. The lowest BCUT2D eigenvalue weighted by Gasteiger charge is -2.33. The summed E-state index contributed by atoms with van der Waals surface area (Å²) in [5.74, 6) is 0.278. The quantitative estimate of drug-likeness (QED) is 0.945. The third-order valence-electron chi connectivity index (χ3n) is 3.57. The number of hydrogen-bond donors (Lipinski definition) is 1. The van der Waals surface area contributed by atoms with Crippen LogP contribution in [0.15, 0.2) is 47.2 Å². The predicted octanol–water partition coefficient (Wildman–Crippen LogP) is 3.09. The van der Waals surface area contributed by atoms with Crippen molar-refractivity contribution in [3.63, 3.8) is 0 Å². The molecular weight excluding hydrogens is 290 g/mol. The van der Waals surface area contributed by atoms with Gasteiger partial charge in [-0.25, -0.2) is 0 Å². The van der Waals surface area contributed by atoms with E-state index in [1.165, 1.54) is 11.1 Å². The van der Waals surface area contributed by atoms with Gasteiger partial charge in [0.25, 0.3) is 0 Å². The Morgan fingerprint density at radius 3 is 2.94 bits per heavy atom. The molecule has 0 fully saturated rings. The summed E-state index contributed by atoms with van der Waals surface area (Å²) >= 11 is 3.40. The van der Waals surface area contributed by atoms with E-state index in [-0.39, 0.29) is 12.0 Å². The molecule has 18 heavy (non-hydrogen) atoms. The molecule has 1 aliphatic rings. The van der Waals surface area contributed by atoms with Crippen LogP contribution in [0.4, 0.5) is 0 Å². The SMILES string of the molecule is OC(Cc1cncc(Br)c1)C1Cc2ccccc21. The minimum absolute atomic E-state index is 0.278. The van der Waals surface area contributed by atoms with Crippen LogP contribution < -0.4 is 0 Å². The minimum atomic E-state index is -0.323. The molecular formula is C15H14BrNO. The van der Waals surface area contributed by atoms with Crippen molar-refractivity contribution in [2.24, 2.45) is 0 Å².